The Morgan fingerprint density at radius 3 is 2.41 bits per heavy atom. The van der Waals surface area contributed by atoms with E-state index in [-0.39, 0.29) is 5.41 Å². The van der Waals surface area contributed by atoms with Crippen molar-refractivity contribution in [1.82, 2.24) is 4.90 Å². The van der Waals surface area contributed by atoms with Gasteiger partial charge in [0.05, 0.1) is 0 Å². The summed E-state index contributed by atoms with van der Waals surface area (Å²) < 4.78 is 0. The predicted octanol–water partition coefficient (Wildman–Crippen LogP) is 7.96. The molecule has 1 aliphatic rings. The molecule has 0 aliphatic carbocycles. The molecule has 1 heterocycles. The van der Waals surface area contributed by atoms with Gasteiger partial charge in [-0.1, -0.05) is 105 Å². The molecule has 0 radical (unpaired) electrons. The maximum atomic E-state index is 4.47. The zero-order valence-electron chi connectivity index (χ0n) is 19.6. The van der Waals surface area contributed by atoms with E-state index >= 15 is 0 Å². The van der Waals surface area contributed by atoms with Gasteiger partial charge in [-0.3, -0.25) is 0 Å². The topological polar surface area (TPSA) is 3.24 Å². The minimum atomic E-state index is 0.122. The molecule has 0 saturated carbocycles. The fourth-order valence-electron chi connectivity index (χ4n) is 4.72. The van der Waals surface area contributed by atoms with Crippen LogP contribution in [-0.2, 0) is 6.42 Å². The van der Waals surface area contributed by atoms with Gasteiger partial charge in [-0.25, -0.2) is 0 Å². The first-order chi connectivity index (χ1) is 15.4. The van der Waals surface area contributed by atoms with E-state index in [1.165, 1.54) is 40.7 Å². The molecule has 0 spiro atoms. The third-order valence-electron chi connectivity index (χ3n) is 6.76. The van der Waals surface area contributed by atoms with Gasteiger partial charge in [0.2, 0.25) is 0 Å². The summed E-state index contributed by atoms with van der Waals surface area (Å²) in [6.45, 7) is 15.1. The first kappa shape index (κ1) is 22.1. The number of nitrogens with zero attached hydrogens (tertiary/aromatic N) is 1. The molecule has 32 heavy (non-hydrogen) atoms. The molecule has 0 amide bonds. The Kier molecular flexibility index (Phi) is 6.65. The van der Waals surface area contributed by atoms with E-state index in [0.717, 1.165) is 25.2 Å². The monoisotopic (exact) mass is 421 g/mol. The quantitative estimate of drug-likeness (QED) is 0.350. The van der Waals surface area contributed by atoms with Crippen molar-refractivity contribution in [2.75, 3.05) is 13.1 Å². The second-order valence-electron chi connectivity index (χ2n) is 9.79. The van der Waals surface area contributed by atoms with Gasteiger partial charge in [-0.15, -0.1) is 6.58 Å². The lowest BCUT2D eigenvalue weighted by atomic mass is 9.83. The van der Waals surface area contributed by atoms with Gasteiger partial charge >= 0.3 is 0 Å². The Morgan fingerprint density at radius 1 is 0.969 bits per heavy atom. The zero-order valence-corrected chi connectivity index (χ0v) is 19.6. The van der Waals surface area contributed by atoms with Crippen LogP contribution in [0, 0.1) is 5.41 Å². The van der Waals surface area contributed by atoms with E-state index in [2.05, 4.69) is 117 Å². The summed E-state index contributed by atoms with van der Waals surface area (Å²) in [4.78, 5) is 2.48. The predicted molar refractivity (Wildman–Crippen MR) is 139 cm³/mol. The van der Waals surface area contributed by atoms with Gasteiger partial charge in [0.1, 0.15) is 0 Å². The van der Waals surface area contributed by atoms with Crippen molar-refractivity contribution in [1.29, 1.82) is 0 Å². The van der Waals surface area contributed by atoms with Crippen LogP contribution >= 0.6 is 0 Å². The molecule has 4 rings (SSSR count). The average molecular weight is 422 g/mol. The van der Waals surface area contributed by atoms with Crippen molar-refractivity contribution in [3.8, 4) is 11.1 Å². The summed E-state index contributed by atoms with van der Waals surface area (Å²) in [5, 5.41) is 0. The molecule has 0 aromatic heterocycles. The fourth-order valence-corrected chi connectivity index (χ4v) is 4.72. The van der Waals surface area contributed by atoms with Gasteiger partial charge in [-0.05, 0) is 52.5 Å². The fraction of sp³-hybridized carbons (Fsp3) is 0.290. The largest absolute Gasteiger partial charge is 0.371 e. The first-order valence-electron chi connectivity index (χ1n) is 11.8. The summed E-state index contributed by atoms with van der Waals surface area (Å²) in [6.07, 6.45) is 5.54. The van der Waals surface area contributed by atoms with Crippen molar-refractivity contribution in [2.24, 2.45) is 5.41 Å². The Hall–Kier alpha value is -3.06. The SMILES string of the molecule is C=CC(C)(C)Cc1cccc(C2CCCN(C(=C)c3ccc(-c4ccccc4)cc3)C2)c1. The second kappa shape index (κ2) is 9.61. The third-order valence-corrected chi connectivity index (χ3v) is 6.76. The van der Waals surface area contributed by atoms with Gasteiger partial charge in [-0.2, -0.15) is 0 Å². The molecule has 3 aromatic rings. The average Bonchev–Trinajstić information content (AvgIpc) is 2.84. The molecule has 1 saturated heterocycles. The molecule has 1 heteroatoms. The van der Waals surface area contributed by atoms with E-state index in [1.54, 1.807) is 0 Å². The van der Waals surface area contributed by atoms with Crippen LogP contribution in [0.5, 0.6) is 0 Å². The van der Waals surface area contributed by atoms with Crippen LogP contribution in [0.25, 0.3) is 16.8 Å². The Bertz CT molecular complexity index is 1060. The third kappa shape index (κ3) is 5.22. The summed E-state index contributed by atoms with van der Waals surface area (Å²) >= 11 is 0. The van der Waals surface area contributed by atoms with Crippen molar-refractivity contribution in [3.63, 3.8) is 0 Å². The number of likely N-dealkylation sites (tertiary alicyclic amines) is 1. The summed E-state index contributed by atoms with van der Waals surface area (Å²) in [5.74, 6) is 0.552. The first-order valence-corrected chi connectivity index (χ1v) is 11.8. The maximum Gasteiger partial charge on any atom is 0.0366 e. The molecule has 0 bridgehead atoms. The van der Waals surface area contributed by atoms with E-state index in [9.17, 15) is 0 Å². The number of benzene rings is 3. The van der Waals surface area contributed by atoms with Gasteiger partial charge < -0.3 is 4.90 Å². The summed E-state index contributed by atoms with van der Waals surface area (Å²) in [5.41, 5.74) is 7.83. The highest BCUT2D eigenvalue weighted by atomic mass is 15.1. The van der Waals surface area contributed by atoms with Crippen LogP contribution in [0.15, 0.2) is 98.1 Å². The number of allylic oxidation sites excluding steroid dienone is 1. The maximum absolute atomic E-state index is 4.47. The molecule has 0 N–H and O–H groups in total. The smallest absolute Gasteiger partial charge is 0.0366 e. The van der Waals surface area contributed by atoms with E-state index in [0.29, 0.717) is 5.92 Å². The van der Waals surface area contributed by atoms with Gasteiger partial charge in [0, 0.05) is 24.7 Å². The lowest BCUT2D eigenvalue weighted by Gasteiger charge is -2.36. The van der Waals surface area contributed by atoms with Gasteiger partial charge in [0.25, 0.3) is 0 Å². The van der Waals surface area contributed by atoms with Crippen molar-refractivity contribution < 1.29 is 0 Å². The summed E-state index contributed by atoms with van der Waals surface area (Å²) in [6, 6.07) is 28.6. The van der Waals surface area contributed by atoms with Crippen LogP contribution < -0.4 is 0 Å². The van der Waals surface area contributed by atoms with Crippen molar-refractivity contribution in [3.05, 3.63) is 115 Å². The Morgan fingerprint density at radius 2 is 1.69 bits per heavy atom. The highest BCUT2D eigenvalue weighted by molar-refractivity contribution is 5.68. The van der Waals surface area contributed by atoms with E-state index in [4.69, 9.17) is 0 Å². The van der Waals surface area contributed by atoms with E-state index in [1.807, 2.05) is 0 Å². The highest BCUT2D eigenvalue weighted by Gasteiger charge is 2.23. The van der Waals surface area contributed by atoms with Crippen LogP contribution in [-0.4, -0.2) is 18.0 Å². The second-order valence-corrected chi connectivity index (χ2v) is 9.79. The van der Waals surface area contributed by atoms with Crippen LogP contribution in [0.1, 0.15) is 49.3 Å². The minimum Gasteiger partial charge on any atom is -0.371 e. The van der Waals surface area contributed by atoms with Crippen LogP contribution in [0.4, 0.5) is 0 Å². The molecule has 1 nitrogen and oxygen atoms in total. The lowest BCUT2D eigenvalue weighted by Crippen LogP contribution is -2.32. The molecule has 1 atom stereocenters. The molecule has 164 valence electrons. The molecular weight excluding hydrogens is 386 g/mol. The zero-order chi connectivity index (χ0) is 22.6. The van der Waals surface area contributed by atoms with Crippen LogP contribution in [0.3, 0.4) is 0 Å². The molecule has 1 unspecified atom stereocenters. The van der Waals surface area contributed by atoms with Crippen molar-refractivity contribution >= 4 is 5.70 Å². The molecule has 3 aromatic carbocycles. The van der Waals surface area contributed by atoms with Gasteiger partial charge in [0.15, 0.2) is 0 Å². The number of rotatable bonds is 7. The molecule has 1 fully saturated rings. The van der Waals surface area contributed by atoms with Crippen LogP contribution in [0.2, 0.25) is 0 Å². The Labute approximate surface area is 194 Å². The number of hydrogen-bond donors (Lipinski definition) is 0. The summed E-state index contributed by atoms with van der Waals surface area (Å²) in [7, 11) is 0. The van der Waals surface area contributed by atoms with E-state index < -0.39 is 0 Å². The highest BCUT2D eigenvalue weighted by Crippen LogP contribution is 2.33. The number of piperidine rings is 1. The molecular formula is C31H35N. The van der Waals surface area contributed by atoms with Crippen molar-refractivity contribution in [2.45, 2.75) is 39.0 Å². The standard InChI is InChI=1S/C31H35N/c1-5-31(3,4)22-25-11-9-14-29(21-25)30-15-10-20-32(23-30)24(2)26-16-18-28(19-17-26)27-12-7-6-8-13-27/h5-9,11-14,16-19,21,30H,1-2,10,15,20,22-23H2,3-4H3. The lowest BCUT2D eigenvalue weighted by molar-refractivity contribution is 0.295. The minimum absolute atomic E-state index is 0.122. The Balaban J connectivity index is 1.46. The number of hydrogen-bond acceptors (Lipinski definition) is 1. The normalized spacial score (nSPS) is 16.6. The molecule has 1 aliphatic heterocycles.